The van der Waals surface area contributed by atoms with Crippen molar-refractivity contribution in [2.75, 3.05) is 0 Å². The normalized spacial score (nSPS) is 28.6. The van der Waals surface area contributed by atoms with Crippen molar-refractivity contribution >= 4 is 34.8 Å². The Morgan fingerprint density at radius 1 is 1.12 bits per heavy atom. The number of aliphatic hydroxyl groups is 1. The third kappa shape index (κ3) is 3.75. The highest BCUT2D eigenvalue weighted by Gasteiger charge is 2.31. The van der Waals surface area contributed by atoms with Crippen LogP contribution in [0.15, 0.2) is 18.2 Å². The summed E-state index contributed by atoms with van der Waals surface area (Å²) in [7, 11) is 0. The molecule has 0 spiro atoms. The fourth-order valence-electron chi connectivity index (χ4n) is 2.45. The van der Waals surface area contributed by atoms with Crippen LogP contribution < -0.4 is 0 Å². The molecule has 2 rings (SSSR count). The highest BCUT2D eigenvalue weighted by Crippen LogP contribution is 2.33. The zero-order valence-corrected chi connectivity index (χ0v) is 11.6. The van der Waals surface area contributed by atoms with Gasteiger partial charge in [-0.15, -0.1) is 11.6 Å². The van der Waals surface area contributed by atoms with Crippen molar-refractivity contribution in [1.82, 2.24) is 0 Å². The van der Waals surface area contributed by atoms with Crippen molar-refractivity contribution < 1.29 is 5.11 Å². The van der Waals surface area contributed by atoms with Gasteiger partial charge in [0, 0.05) is 15.4 Å². The molecule has 0 bridgehead atoms. The molecule has 94 valence electrons. The molecule has 0 amide bonds. The molecule has 0 unspecified atom stereocenters. The molecule has 1 aromatic rings. The average molecular weight is 294 g/mol. The van der Waals surface area contributed by atoms with Crippen LogP contribution in [0.4, 0.5) is 0 Å². The molecule has 0 radical (unpaired) electrons. The number of hydrogen-bond acceptors (Lipinski definition) is 1. The predicted octanol–water partition coefficient (Wildman–Crippen LogP) is 4.30. The van der Waals surface area contributed by atoms with Crippen molar-refractivity contribution in [3.63, 3.8) is 0 Å². The van der Waals surface area contributed by atoms with Gasteiger partial charge in [-0.05, 0) is 55.4 Å². The summed E-state index contributed by atoms with van der Waals surface area (Å²) in [6.07, 6.45) is 3.17. The quantitative estimate of drug-likeness (QED) is 0.824. The van der Waals surface area contributed by atoms with Gasteiger partial charge in [-0.2, -0.15) is 0 Å². The highest BCUT2D eigenvalue weighted by molar-refractivity contribution is 6.34. The zero-order chi connectivity index (χ0) is 12.4. The number of benzene rings is 1. The summed E-state index contributed by atoms with van der Waals surface area (Å²) in [5, 5.41) is 11.3. The largest absolute Gasteiger partial charge is 0.393 e. The van der Waals surface area contributed by atoms with Crippen LogP contribution in [0.3, 0.4) is 0 Å². The smallest absolute Gasteiger partial charge is 0.0583 e. The van der Waals surface area contributed by atoms with Crippen molar-refractivity contribution in [2.24, 2.45) is 5.92 Å². The second-order valence-electron chi connectivity index (χ2n) is 4.71. The minimum atomic E-state index is -0.257. The molecule has 1 saturated carbocycles. The molecule has 1 aliphatic carbocycles. The first kappa shape index (κ1) is 13.5. The van der Waals surface area contributed by atoms with Crippen molar-refractivity contribution in [3.05, 3.63) is 33.8 Å². The molecule has 0 saturated heterocycles. The van der Waals surface area contributed by atoms with Crippen LogP contribution >= 0.6 is 34.8 Å². The van der Waals surface area contributed by atoms with Crippen LogP contribution in [0.5, 0.6) is 0 Å². The molecule has 0 aromatic heterocycles. The van der Waals surface area contributed by atoms with Gasteiger partial charge >= 0.3 is 0 Å². The van der Waals surface area contributed by atoms with E-state index in [-0.39, 0.29) is 11.5 Å². The van der Waals surface area contributed by atoms with Crippen LogP contribution in [0.1, 0.15) is 24.8 Å². The Morgan fingerprint density at radius 2 is 1.76 bits per heavy atom. The molecule has 1 nitrogen and oxygen atoms in total. The second-order valence-corrected chi connectivity index (χ2v) is 6.20. The minimum Gasteiger partial charge on any atom is -0.393 e. The van der Waals surface area contributed by atoms with E-state index in [9.17, 15) is 5.11 Å². The summed E-state index contributed by atoms with van der Waals surface area (Å²) in [4.78, 5) is 0. The van der Waals surface area contributed by atoms with Crippen molar-refractivity contribution in [1.29, 1.82) is 0 Å². The van der Waals surface area contributed by atoms with E-state index in [1.165, 1.54) is 0 Å². The lowest BCUT2D eigenvalue weighted by Crippen LogP contribution is -2.13. The minimum absolute atomic E-state index is 0.123. The van der Waals surface area contributed by atoms with E-state index in [1.54, 1.807) is 6.07 Å². The number of hydrogen-bond donors (Lipinski definition) is 1. The summed E-state index contributed by atoms with van der Waals surface area (Å²) in [6, 6.07) is 5.58. The first-order valence-corrected chi connectivity index (χ1v) is 7.01. The number of rotatable bonds is 3. The fourth-order valence-corrected chi connectivity index (χ4v) is 3.44. The van der Waals surface area contributed by atoms with Gasteiger partial charge in [0.2, 0.25) is 0 Å². The number of aliphatic hydroxyl groups excluding tert-OH is 1. The Balaban J connectivity index is 1.93. The molecule has 1 N–H and O–H groups in total. The maximum Gasteiger partial charge on any atom is 0.0583 e. The second kappa shape index (κ2) is 5.79. The SMILES string of the molecule is O[C@@H]1C[C@@H](Cl)C[C@H]1CCc1cc(Cl)cc(Cl)c1. The summed E-state index contributed by atoms with van der Waals surface area (Å²) in [6.45, 7) is 0. The number of alkyl halides is 1. The Bertz CT molecular complexity index is 374. The van der Waals surface area contributed by atoms with Gasteiger partial charge in [0.05, 0.1) is 6.10 Å². The van der Waals surface area contributed by atoms with Crippen LogP contribution in [0.2, 0.25) is 10.0 Å². The van der Waals surface area contributed by atoms with E-state index in [1.807, 2.05) is 12.1 Å². The van der Waals surface area contributed by atoms with E-state index >= 15 is 0 Å². The lowest BCUT2D eigenvalue weighted by atomic mass is 9.96. The third-order valence-electron chi connectivity index (χ3n) is 3.33. The van der Waals surface area contributed by atoms with E-state index in [2.05, 4.69) is 0 Å². The average Bonchev–Trinajstić information content (AvgIpc) is 2.53. The molecule has 1 aromatic carbocycles. The van der Waals surface area contributed by atoms with E-state index in [0.717, 1.165) is 24.8 Å². The Kier molecular flexibility index (Phi) is 4.59. The lowest BCUT2D eigenvalue weighted by Gasteiger charge is -2.13. The van der Waals surface area contributed by atoms with E-state index < -0.39 is 0 Å². The summed E-state index contributed by atoms with van der Waals surface area (Å²) >= 11 is 17.9. The van der Waals surface area contributed by atoms with Crippen molar-refractivity contribution in [3.8, 4) is 0 Å². The van der Waals surface area contributed by atoms with Crippen LogP contribution in [-0.2, 0) is 6.42 Å². The molecule has 1 aliphatic rings. The standard InChI is InChI=1S/C13H15Cl3O/c14-10-3-8(4-11(15)6-10)1-2-9-5-12(16)7-13(9)17/h3-4,6,9,12-13,17H,1-2,5,7H2/t9-,12+,13-/m1/s1. The topological polar surface area (TPSA) is 20.2 Å². The number of aryl methyl sites for hydroxylation is 1. The summed E-state index contributed by atoms with van der Waals surface area (Å²) in [5.41, 5.74) is 1.12. The van der Waals surface area contributed by atoms with Gasteiger partial charge in [-0.1, -0.05) is 23.2 Å². The van der Waals surface area contributed by atoms with Crippen LogP contribution in [0.25, 0.3) is 0 Å². The lowest BCUT2D eigenvalue weighted by molar-refractivity contribution is 0.128. The molecule has 1 fully saturated rings. The zero-order valence-electron chi connectivity index (χ0n) is 9.37. The molecule has 0 aliphatic heterocycles. The fraction of sp³-hybridized carbons (Fsp3) is 0.538. The molecule has 3 atom stereocenters. The highest BCUT2D eigenvalue weighted by atomic mass is 35.5. The Hall–Kier alpha value is 0.0500. The predicted molar refractivity (Wildman–Crippen MR) is 73.2 cm³/mol. The summed E-state index contributed by atoms with van der Waals surface area (Å²) in [5.74, 6) is 0.301. The maximum absolute atomic E-state index is 9.81. The van der Waals surface area contributed by atoms with Crippen LogP contribution in [0, 0.1) is 5.92 Å². The number of halogens is 3. The molecule has 4 heteroatoms. The molecular formula is C13H15Cl3O. The van der Waals surface area contributed by atoms with Gasteiger partial charge in [0.15, 0.2) is 0 Å². The van der Waals surface area contributed by atoms with E-state index in [0.29, 0.717) is 22.4 Å². The van der Waals surface area contributed by atoms with Gasteiger partial charge in [0.1, 0.15) is 0 Å². The first-order valence-electron chi connectivity index (χ1n) is 5.81. The Morgan fingerprint density at radius 3 is 2.29 bits per heavy atom. The monoisotopic (exact) mass is 292 g/mol. The Labute approximate surface area is 117 Å². The molecular weight excluding hydrogens is 279 g/mol. The van der Waals surface area contributed by atoms with Crippen LogP contribution in [-0.4, -0.2) is 16.6 Å². The summed E-state index contributed by atoms with van der Waals surface area (Å²) < 4.78 is 0. The van der Waals surface area contributed by atoms with E-state index in [4.69, 9.17) is 34.8 Å². The molecule has 17 heavy (non-hydrogen) atoms. The van der Waals surface area contributed by atoms with Gasteiger partial charge in [0.25, 0.3) is 0 Å². The molecule has 0 heterocycles. The maximum atomic E-state index is 9.81. The third-order valence-corrected chi connectivity index (χ3v) is 4.12. The van der Waals surface area contributed by atoms with Gasteiger partial charge < -0.3 is 5.11 Å². The van der Waals surface area contributed by atoms with Gasteiger partial charge in [-0.25, -0.2) is 0 Å². The van der Waals surface area contributed by atoms with Gasteiger partial charge in [-0.3, -0.25) is 0 Å². The van der Waals surface area contributed by atoms with Crippen molar-refractivity contribution in [2.45, 2.75) is 37.2 Å². The first-order chi connectivity index (χ1) is 8.04.